The van der Waals surface area contributed by atoms with Gasteiger partial charge in [0.15, 0.2) is 0 Å². The average molecular weight is 222 g/mol. The summed E-state index contributed by atoms with van der Waals surface area (Å²) in [5.74, 6) is 1.40. The van der Waals surface area contributed by atoms with Gasteiger partial charge in [-0.1, -0.05) is 27.7 Å². The van der Waals surface area contributed by atoms with Crippen LogP contribution in [0.1, 0.15) is 45.7 Å². The maximum atomic E-state index is 3.38. The van der Waals surface area contributed by atoms with Gasteiger partial charge >= 0.3 is 0 Å². The SMILES string of the molecule is CNC(c1ccn(CCC(C)C)c1)C(C)C. The van der Waals surface area contributed by atoms with Gasteiger partial charge in [-0.05, 0) is 36.9 Å². The van der Waals surface area contributed by atoms with Gasteiger partial charge in [-0.2, -0.15) is 0 Å². The number of nitrogens with zero attached hydrogens (tertiary/aromatic N) is 1. The highest BCUT2D eigenvalue weighted by molar-refractivity contribution is 5.16. The summed E-state index contributed by atoms with van der Waals surface area (Å²) in [4.78, 5) is 0. The Labute approximate surface area is 100 Å². The largest absolute Gasteiger partial charge is 0.354 e. The minimum Gasteiger partial charge on any atom is -0.354 e. The molecule has 0 aliphatic carbocycles. The number of nitrogens with one attached hydrogen (secondary N) is 1. The van der Waals surface area contributed by atoms with E-state index in [0.717, 1.165) is 12.5 Å². The summed E-state index contributed by atoms with van der Waals surface area (Å²) in [5.41, 5.74) is 1.40. The van der Waals surface area contributed by atoms with Gasteiger partial charge in [-0.3, -0.25) is 0 Å². The summed E-state index contributed by atoms with van der Waals surface area (Å²) < 4.78 is 2.31. The van der Waals surface area contributed by atoms with Crippen LogP contribution in [0.5, 0.6) is 0 Å². The van der Waals surface area contributed by atoms with Crippen molar-refractivity contribution >= 4 is 0 Å². The second kappa shape index (κ2) is 6.09. The van der Waals surface area contributed by atoms with Gasteiger partial charge in [-0.25, -0.2) is 0 Å². The molecule has 1 atom stereocenters. The highest BCUT2D eigenvalue weighted by Crippen LogP contribution is 2.21. The molecule has 0 spiro atoms. The molecule has 0 saturated heterocycles. The molecule has 0 aromatic carbocycles. The van der Waals surface area contributed by atoms with Crippen molar-refractivity contribution in [3.8, 4) is 0 Å². The zero-order valence-corrected chi connectivity index (χ0v) is 11.3. The first-order valence-electron chi connectivity index (χ1n) is 6.37. The first-order chi connectivity index (χ1) is 7.54. The van der Waals surface area contributed by atoms with Crippen LogP contribution in [0.15, 0.2) is 18.5 Å². The summed E-state index contributed by atoms with van der Waals surface area (Å²) >= 11 is 0. The second-order valence-corrected chi connectivity index (χ2v) is 5.38. The van der Waals surface area contributed by atoms with Crippen molar-refractivity contribution in [1.82, 2.24) is 9.88 Å². The third-order valence-electron chi connectivity index (χ3n) is 3.07. The molecule has 2 heteroatoms. The minimum absolute atomic E-state index is 0.472. The molecular formula is C14H26N2. The van der Waals surface area contributed by atoms with Gasteiger partial charge < -0.3 is 9.88 Å². The summed E-state index contributed by atoms with van der Waals surface area (Å²) in [6.07, 6.45) is 5.73. The summed E-state index contributed by atoms with van der Waals surface area (Å²) in [7, 11) is 2.04. The van der Waals surface area contributed by atoms with Gasteiger partial charge in [0.2, 0.25) is 0 Å². The van der Waals surface area contributed by atoms with Crippen LogP contribution in [-0.2, 0) is 6.54 Å². The van der Waals surface area contributed by atoms with Gasteiger partial charge in [0, 0.05) is 25.0 Å². The van der Waals surface area contributed by atoms with Crippen LogP contribution in [0.3, 0.4) is 0 Å². The zero-order valence-electron chi connectivity index (χ0n) is 11.3. The Hall–Kier alpha value is -0.760. The fourth-order valence-electron chi connectivity index (χ4n) is 2.07. The van der Waals surface area contributed by atoms with E-state index in [9.17, 15) is 0 Å². The fourth-order valence-corrected chi connectivity index (χ4v) is 2.07. The fraction of sp³-hybridized carbons (Fsp3) is 0.714. The highest BCUT2D eigenvalue weighted by atomic mass is 15.0. The van der Waals surface area contributed by atoms with Gasteiger partial charge in [0.05, 0.1) is 0 Å². The van der Waals surface area contributed by atoms with E-state index in [-0.39, 0.29) is 0 Å². The molecule has 1 unspecified atom stereocenters. The van der Waals surface area contributed by atoms with E-state index in [1.54, 1.807) is 0 Å². The molecule has 16 heavy (non-hydrogen) atoms. The number of hydrogen-bond acceptors (Lipinski definition) is 1. The van der Waals surface area contributed by atoms with Gasteiger partial charge in [-0.15, -0.1) is 0 Å². The van der Waals surface area contributed by atoms with E-state index in [1.165, 1.54) is 12.0 Å². The topological polar surface area (TPSA) is 17.0 Å². The Morgan fingerprint density at radius 2 is 1.94 bits per heavy atom. The molecule has 1 heterocycles. The quantitative estimate of drug-likeness (QED) is 0.780. The highest BCUT2D eigenvalue weighted by Gasteiger charge is 2.14. The predicted molar refractivity (Wildman–Crippen MR) is 70.5 cm³/mol. The average Bonchev–Trinajstić information content (AvgIpc) is 2.64. The molecule has 0 radical (unpaired) electrons. The lowest BCUT2D eigenvalue weighted by Gasteiger charge is -2.18. The van der Waals surface area contributed by atoms with E-state index in [0.29, 0.717) is 12.0 Å². The maximum absolute atomic E-state index is 3.38. The molecule has 1 aromatic heterocycles. The molecule has 0 bridgehead atoms. The van der Waals surface area contributed by atoms with Crippen molar-refractivity contribution in [2.45, 2.75) is 46.7 Å². The maximum Gasteiger partial charge on any atom is 0.0355 e. The molecule has 1 aromatic rings. The standard InChI is InChI=1S/C14H26N2/c1-11(2)6-8-16-9-7-13(10-16)14(15-5)12(3)4/h7,9-12,14-15H,6,8H2,1-5H3. The molecule has 0 fully saturated rings. The molecule has 92 valence electrons. The zero-order chi connectivity index (χ0) is 12.1. The number of aromatic nitrogens is 1. The molecule has 1 rings (SSSR count). The predicted octanol–water partition coefficient (Wildman–Crippen LogP) is 3.45. The third-order valence-corrected chi connectivity index (χ3v) is 3.07. The molecule has 1 N–H and O–H groups in total. The Kier molecular flexibility index (Phi) is 5.07. The normalized spacial score (nSPS) is 13.7. The summed E-state index contributed by atoms with van der Waals surface area (Å²) in [5, 5.41) is 3.38. The Bertz CT molecular complexity index is 299. The van der Waals surface area contributed by atoms with Gasteiger partial charge in [0.1, 0.15) is 0 Å². The van der Waals surface area contributed by atoms with Crippen LogP contribution in [0.4, 0.5) is 0 Å². The molecule has 0 aliphatic heterocycles. The van der Waals surface area contributed by atoms with Crippen LogP contribution in [-0.4, -0.2) is 11.6 Å². The molecule has 0 saturated carbocycles. The van der Waals surface area contributed by atoms with Gasteiger partial charge in [0.25, 0.3) is 0 Å². The summed E-state index contributed by atoms with van der Waals surface area (Å²) in [6.45, 7) is 10.2. The van der Waals surface area contributed by atoms with Crippen molar-refractivity contribution in [2.24, 2.45) is 11.8 Å². The van der Waals surface area contributed by atoms with Crippen molar-refractivity contribution in [3.63, 3.8) is 0 Å². The first-order valence-corrected chi connectivity index (χ1v) is 6.37. The first kappa shape index (κ1) is 13.3. The van der Waals surface area contributed by atoms with E-state index in [4.69, 9.17) is 0 Å². The smallest absolute Gasteiger partial charge is 0.0355 e. The summed E-state index contributed by atoms with van der Waals surface area (Å²) in [6, 6.07) is 2.71. The number of rotatable bonds is 6. The molecule has 0 aliphatic rings. The second-order valence-electron chi connectivity index (χ2n) is 5.38. The lowest BCUT2D eigenvalue weighted by atomic mass is 9.99. The lowest BCUT2D eigenvalue weighted by molar-refractivity contribution is 0.441. The van der Waals surface area contributed by atoms with Crippen molar-refractivity contribution in [3.05, 3.63) is 24.0 Å². The minimum atomic E-state index is 0.472. The van der Waals surface area contributed by atoms with Crippen LogP contribution in [0, 0.1) is 11.8 Å². The van der Waals surface area contributed by atoms with Crippen molar-refractivity contribution < 1.29 is 0 Å². The number of hydrogen-bond donors (Lipinski definition) is 1. The van der Waals surface area contributed by atoms with Crippen molar-refractivity contribution in [1.29, 1.82) is 0 Å². The van der Waals surface area contributed by atoms with Crippen LogP contribution < -0.4 is 5.32 Å². The van der Waals surface area contributed by atoms with E-state index in [2.05, 4.69) is 56.0 Å². The van der Waals surface area contributed by atoms with Crippen LogP contribution in [0.25, 0.3) is 0 Å². The van der Waals surface area contributed by atoms with Crippen LogP contribution in [0.2, 0.25) is 0 Å². The lowest BCUT2D eigenvalue weighted by Crippen LogP contribution is -2.21. The van der Waals surface area contributed by atoms with Crippen molar-refractivity contribution in [2.75, 3.05) is 7.05 Å². The Balaban J connectivity index is 2.62. The monoisotopic (exact) mass is 222 g/mol. The van der Waals surface area contributed by atoms with E-state index >= 15 is 0 Å². The molecule has 0 amide bonds. The van der Waals surface area contributed by atoms with Crippen LogP contribution >= 0.6 is 0 Å². The number of aryl methyl sites for hydroxylation is 1. The van der Waals surface area contributed by atoms with E-state index in [1.807, 2.05) is 7.05 Å². The Morgan fingerprint density at radius 3 is 2.44 bits per heavy atom. The van der Waals surface area contributed by atoms with E-state index < -0.39 is 0 Å². The molecular weight excluding hydrogens is 196 g/mol. The Morgan fingerprint density at radius 1 is 1.25 bits per heavy atom. The molecule has 2 nitrogen and oxygen atoms in total. The third kappa shape index (κ3) is 3.67.